The fourth-order valence-electron chi connectivity index (χ4n) is 0.796. The van der Waals surface area contributed by atoms with Gasteiger partial charge in [0.1, 0.15) is 0 Å². The average molecular weight is 179 g/mol. The number of nitrogen functional groups attached to an aromatic ring is 1. The predicted octanol–water partition coefficient (Wildman–Crippen LogP) is 2.83. The van der Waals surface area contributed by atoms with E-state index in [-0.39, 0.29) is 1.43 Å². The highest BCUT2D eigenvalue weighted by atomic mass is 16.1. The van der Waals surface area contributed by atoms with Gasteiger partial charge in [0.15, 0.2) is 6.29 Å². The number of anilines is 1. The minimum Gasteiger partial charge on any atom is -0.398 e. The summed E-state index contributed by atoms with van der Waals surface area (Å²) in [6, 6.07) is 5.38. The number of aldehydes is 1. The van der Waals surface area contributed by atoms with Crippen LogP contribution in [0.25, 0.3) is 0 Å². The number of nitrogens with two attached hydrogens (primary N) is 1. The van der Waals surface area contributed by atoms with Crippen LogP contribution in [0.1, 0.15) is 24.3 Å². The van der Waals surface area contributed by atoms with Crippen LogP contribution in [0.5, 0.6) is 0 Å². The molecule has 1 aromatic carbocycles. The number of aryl methyl sites for hydroxylation is 1. The van der Waals surface area contributed by atoms with E-state index < -0.39 is 0 Å². The van der Waals surface area contributed by atoms with Gasteiger partial charge in [0.2, 0.25) is 0 Å². The second-order valence-electron chi connectivity index (χ2n) is 2.66. The van der Waals surface area contributed by atoms with Gasteiger partial charge < -0.3 is 5.73 Å². The van der Waals surface area contributed by atoms with Gasteiger partial charge in [0, 0.05) is 12.7 Å². The van der Waals surface area contributed by atoms with E-state index in [0.29, 0.717) is 11.3 Å². The Labute approximate surface area is 80.6 Å². The van der Waals surface area contributed by atoms with Crippen molar-refractivity contribution in [1.82, 2.24) is 0 Å². The maximum absolute atomic E-state index is 10.3. The van der Waals surface area contributed by atoms with E-state index in [1.165, 1.54) is 0 Å². The van der Waals surface area contributed by atoms with Gasteiger partial charge in [0.25, 0.3) is 0 Å². The summed E-state index contributed by atoms with van der Waals surface area (Å²) >= 11 is 0. The summed E-state index contributed by atoms with van der Waals surface area (Å²) in [5.74, 6) is 0. The van der Waals surface area contributed by atoms with Crippen molar-refractivity contribution in [1.29, 1.82) is 0 Å². The highest BCUT2D eigenvalue weighted by molar-refractivity contribution is 5.83. The van der Waals surface area contributed by atoms with Gasteiger partial charge in [-0.05, 0) is 26.0 Å². The van der Waals surface area contributed by atoms with Crippen molar-refractivity contribution >= 4 is 12.0 Å². The Morgan fingerprint density at radius 3 is 2.46 bits per heavy atom. The van der Waals surface area contributed by atoms with Crippen molar-refractivity contribution < 1.29 is 6.22 Å². The molecule has 0 aliphatic heterocycles. The Hall–Kier alpha value is -1.57. The molecule has 0 atom stereocenters. The smallest absolute Gasteiger partial charge is 0.152 e. The first-order chi connectivity index (χ1) is 6.15. The lowest BCUT2D eigenvalue weighted by Crippen LogP contribution is -1.92. The molecule has 0 fully saturated rings. The van der Waals surface area contributed by atoms with Crippen molar-refractivity contribution in [3.8, 4) is 0 Å². The molecular weight excluding hydrogens is 162 g/mol. The molecule has 2 heteroatoms. The molecule has 0 aromatic heterocycles. The summed E-state index contributed by atoms with van der Waals surface area (Å²) in [6.45, 7) is 7.17. The van der Waals surface area contributed by atoms with E-state index >= 15 is 0 Å². The number of carbonyl (C=O) groups excluding carboxylic acids is 1. The zero-order chi connectivity index (χ0) is 10.3. The second-order valence-corrected chi connectivity index (χ2v) is 2.66. The van der Waals surface area contributed by atoms with Crippen LogP contribution in [-0.4, -0.2) is 6.29 Å². The largest absolute Gasteiger partial charge is 0.398 e. The molecule has 0 aliphatic rings. The van der Waals surface area contributed by atoms with Gasteiger partial charge in [-0.1, -0.05) is 17.7 Å². The van der Waals surface area contributed by atoms with Crippen molar-refractivity contribution in [3.05, 3.63) is 42.0 Å². The topological polar surface area (TPSA) is 43.1 Å². The van der Waals surface area contributed by atoms with Crippen LogP contribution < -0.4 is 5.73 Å². The van der Waals surface area contributed by atoms with E-state index in [1.54, 1.807) is 18.2 Å². The lowest BCUT2D eigenvalue weighted by molar-refractivity contribution is 0.112. The molecular formula is C11H17NO. The number of allylic oxidation sites excluding steroid dienone is 1. The van der Waals surface area contributed by atoms with Crippen LogP contribution in [0.15, 0.2) is 30.9 Å². The summed E-state index contributed by atoms with van der Waals surface area (Å²) in [4.78, 5) is 10.3. The number of hydrogen-bond acceptors (Lipinski definition) is 2. The minimum atomic E-state index is 0. The summed E-state index contributed by atoms with van der Waals surface area (Å²) in [5.41, 5.74) is 7.63. The number of carbonyl (C=O) groups is 1. The third-order valence-corrected chi connectivity index (χ3v) is 1.37. The molecule has 0 aliphatic carbocycles. The summed E-state index contributed by atoms with van der Waals surface area (Å²) in [5, 5.41) is 0. The van der Waals surface area contributed by atoms with E-state index in [2.05, 4.69) is 6.58 Å². The minimum absolute atomic E-state index is 0. The van der Waals surface area contributed by atoms with E-state index in [0.717, 1.165) is 11.8 Å². The normalized spacial score (nSPS) is 8.15. The third-order valence-electron chi connectivity index (χ3n) is 1.37. The molecule has 0 amide bonds. The van der Waals surface area contributed by atoms with E-state index in [9.17, 15) is 4.79 Å². The Balaban J connectivity index is 0. The van der Waals surface area contributed by atoms with Gasteiger partial charge in [-0.3, -0.25) is 4.79 Å². The maximum atomic E-state index is 10.3. The van der Waals surface area contributed by atoms with Crippen molar-refractivity contribution in [3.63, 3.8) is 0 Å². The molecule has 0 radical (unpaired) electrons. The number of hydrogen-bond donors (Lipinski definition) is 1. The first kappa shape index (κ1) is 11.4. The Bertz CT molecular complexity index is 297. The van der Waals surface area contributed by atoms with Gasteiger partial charge >= 0.3 is 0 Å². The Morgan fingerprint density at radius 2 is 2.08 bits per heavy atom. The summed E-state index contributed by atoms with van der Waals surface area (Å²) in [6.07, 6.45) is 2.52. The van der Waals surface area contributed by atoms with Gasteiger partial charge in [-0.15, -0.1) is 6.58 Å². The van der Waals surface area contributed by atoms with Crippen LogP contribution in [0.4, 0.5) is 5.69 Å². The monoisotopic (exact) mass is 179 g/mol. The lowest BCUT2D eigenvalue weighted by atomic mass is 10.1. The molecule has 72 valence electrons. The lowest BCUT2D eigenvalue weighted by Gasteiger charge is -1.97. The Kier molecular flexibility index (Phi) is 5.28. The fourth-order valence-corrected chi connectivity index (χ4v) is 0.796. The van der Waals surface area contributed by atoms with E-state index in [1.807, 2.05) is 19.9 Å². The molecule has 1 aromatic rings. The number of benzene rings is 1. The Morgan fingerprint density at radius 1 is 1.54 bits per heavy atom. The zero-order valence-corrected chi connectivity index (χ0v) is 8.08. The van der Waals surface area contributed by atoms with Crippen LogP contribution in [-0.2, 0) is 0 Å². The van der Waals surface area contributed by atoms with Crippen molar-refractivity contribution in [2.24, 2.45) is 0 Å². The van der Waals surface area contributed by atoms with Gasteiger partial charge in [-0.2, -0.15) is 0 Å². The zero-order valence-electron chi connectivity index (χ0n) is 8.08. The molecule has 0 spiro atoms. The third kappa shape index (κ3) is 4.11. The maximum Gasteiger partial charge on any atom is 0.152 e. The van der Waals surface area contributed by atoms with Crippen molar-refractivity contribution in [2.75, 3.05) is 5.73 Å². The summed E-state index contributed by atoms with van der Waals surface area (Å²) in [7, 11) is 0. The fraction of sp³-hybridized carbons (Fsp3) is 0.182. The SMILES string of the molecule is C=CC.Cc1ccc(N)c(C=O)c1.[HH]. The van der Waals surface area contributed by atoms with Crippen LogP contribution in [0.3, 0.4) is 0 Å². The van der Waals surface area contributed by atoms with Crippen molar-refractivity contribution in [2.45, 2.75) is 13.8 Å². The second kappa shape index (κ2) is 6.00. The molecule has 1 rings (SSSR count). The standard InChI is InChI=1S/C8H9NO.C3H6.H2/c1-6-2-3-8(9)7(4-6)5-10;1-3-2;/h2-5H,9H2,1H3;3H,1H2,2H3;1H. The first-order valence-corrected chi connectivity index (χ1v) is 4.04. The van der Waals surface area contributed by atoms with Gasteiger partial charge in [-0.25, -0.2) is 0 Å². The van der Waals surface area contributed by atoms with E-state index in [4.69, 9.17) is 5.73 Å². The molecule has 0 bridgehead atoms. The van der Waals surface area contributed by atoms with Gasteiger partial charge in [0.05, 0.1) is 0 Å². The highest BCUT2D eigenvalue weighted by Gasteiger charge is 1.94. The van der Waals surface area contributed by atoms with Crippen LogP contribution >= 0.6 is 0 Å². The molecule has 0 saturated heterocycles. The molecule has 0 heterocycles. The molecule has 13 heavy (non-hydrogen) atoms. The number of rotatable bonds is 1. The quantitative estimate of drug-likeness (QED) is 0.409. The predicted molar refractivity (Wildman–Crippen MR) is 59.0 cm³/mol. The molecule has 0 saturated carbocycles. The highest BCUT2D eigenvalue weighted by Crippen LogP contribution is 2.10. The first-order valence-electron chi connectivity index (χ1n) is 4.04. The van der Waals surface area contributed by atoms with Crippen LogP contribution in [0, 0.1) is 6.92 Å². The molecule has 2 nitrogen and oxygen atoms in total. The molecule has 0 unspecified atom stereocenters. The molecule has 2 N–H and O–H groups in total. The average Bonchev–Trinajstić information content (AvgIpc) is 2.10. The van der Waals surface area contributed by atoms with Crippen LogP contribution in [0.2, 0.25) is 0 Å². The summed E-state index contributed by atoms with van der Waals surface area (Å²) < 4.78 is 0.